The number of carbonyl (C=O) groups excluding carboxylic acids is 1. The second-order valence-corrected chi connectivity index (χ2v) is 15.9. The summed E-state index contributed by atoms with van der Waals surface area (Å²) in [5.41, 5.74) is 1.43. The number of hydrogen-bond donors (Lipinski definition) is 2. The minimum Gasteiger partial charge on any atom is -0.494 e. The fourth-order valence-corrected chi connectivity index (χ4v) is 8.07. The van der Waals surface area contributed by atoms with Crippen molar-refractivity contribution in [2.45, 2.75) is 36.4 Å². The summed E-state index contributed by atoms with van der Waals surface area (Å²) in [4.78, 5) is 17.5. The number of nitrogens with one attached hydrogen (secondary N) is 2. The van der Waals surface area contributed by atoms with Crippen molar-refractivity contribution in [2.75, 3.05) is 61.9 Å². The van der Waals surface area contributed by atoms with Gasteiger partial charge in [0.15, 0.2) is 11.5 Å². The standard InChI is InChI=1S/C41H43F3N6O5S2/c1-3-54-32-10-8-9-30(25-32)31-23-29(24-33(26-31)55-4-2)28-49-18-20-50(21-19-49)39-16-15-38(46-47-39)40(51)48-57(52,53)35-13-14-37(36(27-35)41(42,43)44)45-17-22-56-34-11-6-5-7-12-34/h5-16,23-27,45H,3-4,17-22,28H2,1-2H3,(H,48,51). The van der Waals surface area contributed by atoms with E-state index >= 15 is 0 Å². The molecule has 16 heteroatoms. The van der Waals surface area contributed by atoms with Crippen molar-refractivity contribution in [1.82, 2.24) is 19.8 Å². The van der Waals surface area contributed by atoms with Crippen LogP contribution in [0.5, 0.6) is 11.5 Å². The van der Waals surface area contributed by atoms with E-state index in [1.807, 2.05) is 84.1 Å². The van der Waals surface area contributed by atoms with Crippen molar-refractivity contribution >= 4 is 39.2 Å². The van der Waals surface area contributed by atoms with Crippen LogP contribution in [0.4, 0.5) is 24.7 Å². The number of nitrogens with zero attached hydrogens (tertiary/aromatic N) is 4. The molecule has 11 nitrogen and oxygen atoms in total. The zero-order valence-electron chi connectivity index (χ0n) is 31.5. The van der Waals surface area contributed by atoms with E-state index in [1.165, 1.54) is 17.8 Å². The van der Waals surface area contributed by atoms with Crippen LogP contribution in [-0.4, -0.2) is 81.1 Å². The average Bonchev–Trinajstić information content (AvgIpc) is 3.20. The molecular weight excluding hydrogens is 778 g/mol. The second-order valence-electron chi connectivity index (χ2n) is 13.0. The molecular formula is C41H43F3N6O5S2. The number of amides is 1. The summed E-state index contributed by atoms with van der Waals surface area (Å²) in [7, 11) is -4.69. The van der Waals surface area contributed by atoms with Crippen LogP contribution in [0.3, 0.4) is 0 Å². The summed E-state index contributed by atoms with van der Waals surface area (Å²) in [5.74, 6) is 1.46. The number of halogens is 3. The molecule has 1 saturated heterocycles. The first kappa shape index (κ1) is 41.3. The maximum Gasteiger partial charge on any atom is 0.418 e. The smallest absolute Gasteiger partial charge is 0.418 e. The fourth-order valence-electron chi connectivity index (χ4n) is 6.29. The third-order valence-corrected chi connectivity index (χ3v) is 11.3. The van der Waals surface area contributed by atoms with Gasteiger partial charge in [-0.15, -0.1) is 22.0 Å². The summed E-state index contributed by atoms with van der Waals surface area (Å²) in [5, 5.41) is 10.8. The van der Waals surface area contributed by atoms with Gasteiger partial charge >= 0.3 is 6.18 Å². The first-order chi connectivity index (χ1) is 27.4. The van der Waals surface area contributed by atoms with Crippen molar-refractivity contribution in [1.29, 1.82) is 0 Å². The van der Waals surface area contributed by atoms with Crippen LogP contribution >= 0.6 is 11.8 Å². The molecule has 1 aliphatic rings. The highest BCUT2D eigenvalue weighted by atomic mass is 32.2. The molecule has 4 aromatic carbocycles. The topological polar surface area (TPSA) is 126 Å². The van der Waals surface area contributed by atoms with Gasteiger partial charge in [0.05, 0.1) is 23.7 Å². The van der Waals surface area contributed by atoms with Crippen LogP contribution in [0.1, 0.15) is 35.5 Å². The molecule has 0 saturated carbocycles. The van der Waals surface area contributed by atoms with E-state index in [1.54, 1.807) is 6.07 Å². The Bertz CT molecular complexity index is 2240. The van der Waals surface area contributed by atoms with Gasteiger partial charge in [0.2, 0.25) is 0 Å². The number of rotatable bonds is 16. The molecule has 0 aliphatic carbocycles. The summed E-state index contributed by atoms with van der Waals surface area (Å²) < 4.78 is 81.6. The lowest BCUT2D eigenvalue weighted by atomic mass is 10.0. The predicted octanol–water partition coefficient (Wildman–Crippen LogP) is 7.60. The number of piperazine rings is 1. The molecule has 6 rings (SSSR count). The largest absolute Gasteiger partial charge is 0.494 e. The van der Waals surface area contributed by atoms with Gasteiger partial charge in [0.1, 0.15) is 11.5 Å². The molecule has 0 atom stereocenters. The number of sulfonamides is 1. The quantitative estimate of drug-likeness (QED) is 0.0755. The van der Waals surface area contributed by atoms with Gasteiger partial charge < -0.3 is 19.7 Å². The maximum absolute atomic E-state index is 14.0. The van der Waals surface area contributed by atoms with E-state index in [0.717, 1.165) is 58.3 Å². The number of ether oxygens (including phenoxy) is 2. The number of anilines is 2. The molecule has 0 unspecified atom stereocenters. The Morgan fingerprint density at radius 3 is 2.25 bits per heavy atom. The van der Waals surface area contributed by atoms with E-state index in [-0.39, 0.29) is 17.9 Å². The normalized spacial score (nSPS) is 13.6. The van der Waals surface area contributed by atoms with Crippen LogP contribution < -0.4 is 24.4 Å². The van der Waals surface area contributed by atoms with Crippen LogP contribution in [0.15, 0.2) is 113 Å². The Hall–Kier alpha value is -5.32. The van der Waals surface area contributed by atoms with Gasteiger partial charge in [-0.25, -0.2) is 13.1 Å². The number of aromatic nitrogens is 2. The molecule has 1 aliphatic heterocycles. The van der Waals surface area contributed by atoms with Gasteiger partial charge in [-0.3, -0.25) is 9.69 Å². The Labute approximate surface area is 334 Å². The van der Waals surface area contributed by atoms with Crippen molar-refractivity contribution in [3.63, 3.8) is 0 Å². The Balaban J connectivity index is 1.04. The van der Waals surface area contributed by atoms with Crippen molar-refractivity contribution < 1.29 is 35.9 Å². The molecule has 5 aromatic rings. The van der Waals surface area contributed by atoms with Crippen molar-refractivity contribution in [3.05, 3.63) is 120 Å². The van der Waals surface area contributed by atoms with E-state index in [4.69, 9.17) is 9.47 Å². The molecule has 57 heavy (non-hydrogen) atoms. The van der Waals surface area contributed by atoms with Gasteiger partial charge in [0, 0.05) is 55.6 Å². The number of thioether (sulfide) groups is 1. The maximum atomic E-state index is 14.0. The van der Waals surface area contributed by atoms with Crippen LogP contribution in [-0.2, 0) is 22.7 Å². The average molecular weight is 821 g/mol. The molecule has 2 N–H and O–H groups in total. The summed E-state index contributed by atoms with van der Waals surface area (Å²) in [6.45, 7) is 8.62. The number of benzene rings is 4. The van der Waals surface area contributed by atoms with Gasteiger partial charge in [-0.2, -0.15) is 13.2 Å². The highest BCUT2D eigenvalue weighted by Gasteiger charge is 2.35. The lowest BCUT2D eigenvalue weighted by Gasteiger charge is -2.35. The third kappa shape index (κ3) is 11.2. The molecule has 1 aromatic heterocycles. The van der Waals surface area contributed by atoms with Crippen molar-refractivity contribution in [3.8, 4) is 22.6 Å². The summed E-state index contributed by atoms with van der Waals surface area (Å²) >= 11 is 1.47. The fraction of sp³-hybridized carbons (Fsp3) is 0.293. The Morgan fingerprint density at radius 1 is 0.807 bits per heavy atom. The first-order valence-corrected chi connectivity index (χ1v) is 20.9. The van der Waals surface area contributed by atoms with Crippen LogP contribution in [0.25, 0.3) is 11.1 Å². The molecule has 0 radical (unpaired) electrons. The first-order valence-electron chi connectivity index (χ1n) is 18.4. The van der Waals surface area contributed by atoms with E-state index in [9.17, 15) is 26.4 Å². The molecule has 0 bridgehead atoms. The molecule has 1 amide bonds. The summed E-state index contributed by atoms with van der Waals surface area (Å²) in [6.07, 6.45) is -4.85. The number of carbonyl (C=O) groups is 1. The van der Waals surface area contributed by atoms with E-state index in [0.29, 0.717) is 50.5 Å². The minimum absolute atomic E-state index is 0.200. The van der Waals surface area contributed by atoms with Crippen LogP contribution in [0.2, 0.25) is 0 Å². The zero-order chi connectivity index (χ0) is 40.4. The Morgan fingerprint density at radius 2 is 1.54 bits per heavy atom. The molecule has 2 heterocycles. The lowest BCUT2D eigenvalue weighted by molar-refractivity contribution is -0.137. The van der Waals surface area contributed by atoms with Gasteiger partial charge in [-0.05, 0) is 103 Å². The van der Waals surface area contributed by atoms with Gasteiger partial charge in [0.25, 0.3) is 15.9 Å². The second kappa shape index (κ2) is 18.7. The minimum atomic E-state index is -4.85. The highest BCUT2D eigenvalue weighted by molar-refractivity contribution is 7.99. The summed E-state index contributed by atoms with van der Waals surface area (Å²) in [6, 6.07) is 29.1. The predicted molar refractivity (Wildman–Crippen MR) is 215 cm³/mol. The lowest BCUT2D eigenvalue weighted by Crippen LogP contribution is -2.46. The Kier molecular flexibility index (Phi) is 13.6. The number of hydrogen-bond acceptors (Lipinski definition) is 11. The van der Waals surface area contributed by atoms with E-state index < -0.39 is 32.6 Å². The molecule has 0 spiro atoms. The highest BCUT2D eigenvalue weighted by Crippen LogP contribution is 2.37. The molecule has 300 valence electrons. The van der Waals surface area contributed by atoms with E-state index in [2.05, 4.69) is 32.5 Å². The third-order valence-electron chi connectivity index (χ3n) is 9.00. The monoisotopic (exact) mass is 820 g/mol. The van der Waals surface area contributed by atoms with Crippen molar-refractivity contribution in [2.24, 2.45) is 0 Å². The SMILES string of the molecule is CCOc1cccc(-c2cc(CN3CCN(c4ccc(C(=O)NS(=O)(=O)c5ccc(NCCSc6ccccc6)c(C(F)(F)F)c5)nn4)CC3)cc(OCC)c2)c1. The zero-order valence-corrected chi connectivity index (χ0v) is 33.1. The van der Waals surface area contributed by atoms with Crippen LogP contribution in [0, 0.1) is 0 Å². The number of alkyl halides is 3. The van der Waals surface area contributed by atoms with Gasteiger partial charge in [-0.1, -0.05) is 30.3 Å². The molecule has 1 fully saturated rings.